The van der Waals surface area contributed by atoms with Crippen molar-refractivity contribution in [3.8, 4) is 11.8 Å². The van der Waals surface area contributed by atoms with Crippen molar-refractivity contribution in [2.75, 3.05) is 11.9 Å². The van der Waals surface area contributed by atoms with E-state index in [1.165, 1.54) is 0 Å². The molecule has 0 aliphatic heterocycles. The Hall–Kier alpha value is -2.94. The summed E-state index contributed by atoms with van der Waals surface area (Å²) in [5, 5.41) is 17.4. The lowest BCUT2D eigenvalue weighted by atomic mass is 10.2. The molecule has 2 aromatic heterocycles. The van der Waals surface area contributed by atoms with Crippen molar-refractivity contribution in [1.29, 1.82) is 5.26 Å². The average Bonchev–Trinajstić information content (AvgIpc) is 2.91. The van der Waals surface area contributed by atoms with Crippen LogP contribution in [0.1, 0.15) is 18.3 Å². The molecule has 0 bridgehead atoms. The first-order valence-electron chi connectivity index (χ1n) is 6.69. The number of fused-ring (bicyclic) bond motifs is 1. The second-order valence-corrected chi connectivity index (χ2v) is 4.60. The molecule has 0 atom stereocenters. The fraction of sp³-hybridized carbons (Fsp3) is 0.200. The van der Waals surface area contributed by atoms with E-state index in [-0.39, 0.29) is 0 Å². The fourth-order valence-corrected chi connectivity index (χ4v) is 2.19. The standard InChI is InChI=1S/C15H14N6/c1-3-17-14-13-9-18-21(15(13)20-10(2)19-14)12-6-4-11(8-16)5-7-12/h4-7,9H,3H2,1-2H3,(H,17,19,20). The molecule has 6 heteroatoms. The van der Waals surface area contributed by atoms with Crippen LogP contribution in [0.2, 0.25) is 0 Å². The van der Waals surface area contributed by atoms with E-state index in [0.717, 1.165) is 29.1 Å². The number of nitrogens with zero attached hydrogens (tertiary/aromatic N) is 5. The first kappa shape index (κ1) is 13.1. The Balaban J connectivity index is 2.17. The summed E-state index contributed by atoms with van der Waals surface area (Å²) in [6, 6.07) is 9.35. The van der Waals surface area contributed by atoms with Gasteiger partial charge >= 0.3 is 0 Å². The Kier molecular flexibility index (Phi) is 3.24. The smallest absolute Gasteiger partial charge is 0.168 e. The quantitative estimate of drug-likeness (QED) is 0.796. The van der Waals surface area contributed by atoms with Gasteiger partial charge < -0.3 is 5.32 Å². The maximum absolute atomic E-state index is 8.86. The maximum Gasteiger partial charge on any atom is 0.168 e. The largest absolute Gasteiger partial charge is 0.370 e. The van der Waals surface area contributed by atoms with Crippen LogP contribution < -0.4 is 5.32 Å². The van der Waals surface area contributed by atoms with Gasteiger partial charge in [0.05, 0.1) is 28.9 Å². The van der Waals surface area contributed by atoms with E-state index in [1.807, 2.05) is 26.0 Å². The molecule has 3 aromatic rings. The number of hydrogen-bond acceptors (Lipinski definition) is 5. The Morgan fingerprint density at radius 2 is 2.00 bits per heavy atom. The zero-order valence-electron chi connectivity index (χ0n) is 11.8. The van der Waals surface area contributed by atoms with Crippen molar-refractivity contribution >= 4 is 16.9 Å². The van der Waals surface area contributed by atoms with Crippen molar-refractivity contribution in [3.63, 3.8) is 0 Å². The fourth-order valence-electron chi connectivity index (χ4n) is 2.19. The van der Waals surface area contributed by atoms with Crippen LogP contribution in [0.4, 0.5) is 5.82 Å². The number of anilines is 1. The summed E-state index contributed by atoms with van der Waals surface area (Å²) in [6.07, 6.45) is 1.75. The highest BCUT2D eigenvalue weighted by Gasteiger charge is 2.12. The number of benzene rings is 1. The number of nitriles is 1. The molecule has 21 heavy (non-hydrogen) atoms. The van der Waals surface area contributed by atoms with Gasteiger partial charge in [-0.05, 0) is 38.1 Å². The van der Waals surface area contributed by atoms with Crippen LogP contribution in [0.15, 0.2) is 30.5 Å². The summed E-state index contributed by atoms with van der Waals surface area (Å²) in [7, 11) is 0. The van der Waals surface area contributed by atoms with E-state index >= 15 is 0 Å². The van der Waals surface area contributed by atoms with Crippen LogP contribution in [0, 0.1) is 18.3 Å². The molecule has 0 aliphatic rings. The van der Waals surface area contributed by atoms with Crippen molar-refractivity contribution in [1.82, 2.24) is 19.7 Å². The van der Waals surface area contributed by atoms with Gasteiger partial charge in [0.15, 0.2) is 5.65 Å². The number of nitrogens with one attached hydrogen (secondary N) is 1. The Labute approximate surface area is 122 Å². The minimum atomic E-state index is 0.620. The molecule has 104 valence electrons. The van der Waals surface area contributed by atoms with Gasteiger partial charge in [-0.2, -0.15) is 10.4 Å². The third-order valence-corrected chi connectivity index (χ3v) is 3.13. The highest BCUT2D eigenvalue weighted by atomic mass is 15.3. The Morgan fingerprint density at radius 3 is 2.67 bits per heavy atom. The molecule has 1 N–H and O–H groups in total. The Bertz CT molecular complexity index is 826. The van der Waals surface area contributed by atoms with Gasteiger partial charge in [-0.15, -0.1) is 0 Å². The predicted molar refractivity (Wildman–Crippen MR) is 80.3 cm³/mol. The summed E-state index contributed by atoms with van der Waals surface area (Å²) < 4.78 is 1.76. The molecule has 0 saturated carbocycles. The summed E-state index contributed by atoms with van der Waals surface area (Å²) in [4.78, 5) is 8.89. The van der Waals surface area contributed by atoms with E-state index in [0.29, 0.717) is 11.4 Å². The SMILES string of the molecule is CCNc1nc(C)nc2c1cnn2-c1ccc(C#N)cc1. The molecule has 0 aliphatic carbocycles. The van der Waals surface area contributed by atoms with Crippen molar-refractivity contribution in [3.05, 3.63) is 41.9 Å². The molecule has 0 spiro atoms. The highest BCUT2D eigenvalue weighted by molar-refractivity contribution is 5.87. The average molecular weight is 278 g/mol. The monoisotopic (exact) mass is 278 g/mol. The normalized spacial score (nSPS) is 10.5. The van der Waals surface area contributed by atoms with Crippen LogP contribution in [0.3, 0.4) is 0 Å². The molecular weight excluding hydrogens is 264 g/mol. The number of rotatable bonds is 3. The van der Waals surface area contributed by atoms with Crippen molar-refractivity contribution in [2.45, 2.75) is 13.8 Å². The third kappa shape index (κ3) is 2.30. The van der Waals surface area contributed by atoms with Gasteiger partial charge in [0, 0.05) is 6.54 Å². The second-order valence-electron chi connectivity index (χ2n) is 4.60. The summed E-state index contributed by atoms with van der Waals surface area (Å²) in [5.74, 6) is 1.48. The first-order chi connectivity index (χ1) is 10.2. The minimum Gasteiger partial charge on any atom is -0.370 e. The molecule has 2 heterocycles. The van der Waals surface area contributed by atoms with Crippen molar-refractivity contribution < 1.29 is 0 Å². The lowest BCUT2D eigenvalue weighted by Crippen LogP contribution is -2.04. The lowest BCUT2D eigenvalue weighted by molar-refractivity contribution is 0.889. The van der Waals surface area contributed by atoms with Crippen LogP contribution in [-0.4, -0.2) is 26.3 Å². The van der Waals surface area contributed by atoms with Gasteiger partial charge in [-0.3, -0.25) is 0 Å². The summed E-state index contributed by atoms with van der Waals surface area (Å²) in [5.41, 5.74) is 2.24. The first-order valence-corrected chi connectivity index (χ1v) is 6.69. The van der Waals surface area contributed by atoms with Crippen LogP contribution in [-0.2, 0) is 0 Å². The van der Waals surface area contributed by atoms with Gasteiger partial charge in [-0.1, -0.05) is 0 Å². The zero-order valence-corrected chi connectivity index (χ0v) is 11.8. The maximum atomic E-state index is 8.86. The topological polar surface area (TPSA) is 79.4 Å². The molecule has 0 amide bonds. The van der Waals surface area contributed by atoms with E-state index in [1.54, 1.807) is 23.0 Å². The molecule has 0 fully saturated rings. The third-order valence-electron chi connectivity index (χ3n) is 3.13. The number of hydrogen-bond donors (Lipinski definition) is 1. The van der Waals surface area contributed by atoms with E-state index in [4.69, 9.17) is 5.26 Å². The van der Waals surface area contributed by atoms with Crippen molar-refractivity contribution in [2.24, 2.45) is 0 Å². The lowest BCUT2D eigenvalue weighted by Gasteiger charge is -2.06. The van der Waals surface area contributed by atoms with E-state index in [2.05, 4.69) is 26.5 Å². The minimum absolute atomic E-state index is 0.620. The predicted octanol–water partition coefficient (Wildman–Crippen LogP) is 2.43. The summed E-state index contributed by atoms with van der Waals surface area (Å²) >= 11 is 0. The molecule has 1 aromatic carbocycles. The summed E-state index contributed by atoms with van der Waals surface area (Å²) in [6.45, 7) is 4.66. The Morgan fingerprint density at radius 1 is 1.24 bits per heavy atom. The van der Waals surface area contributed by atoms with Gasteiger partial charge in [0.25, 0.3) is 0 Å². The molecular formula is C15H14N6. The molecule has 6 nitrogen and oxygen atoms in total. The number of aryl methyl sites for hydroxylation is 1. The van der Waals surface area contributed by atoms with Crippen LogP contribution in [0.25, 0.3) is 16.7 Å². The van der Waals surface area contributed by atoms with E-state index < -0.39 is 0 Å². The molecule has 0 saturated heterocycles. The zero-order chi connectivity index (χ0) is 14.8. The van der Waals surface area contributed by atoms with E-state index in [9.17, 15) is 0 Å². The molecule has 0 radical (unpaired) electrons. The molecule has 3 rings (SSSR count). The van der Waals surface area contributed by atoms with Gasteiger partial charge in [-0.25, -0.2) is 14.6 Å². The highest BCUT2D eigenvalue weighted by Crippen LogP contribution is 2.22. The van der Waals surface area contributed by atoms with Crippen LogP contribution >= 0.6 is 0 Å². The molecule has 0 unspecified atom stereocenters. The van der Waals surface area contributed by atoms with Gasteiger partial charge in [0.1, 0.15) is 11.6 Å². The van der Waals surface area contributed by atoms with Crippen LogP contribution in [0.5, 0.6) is 0 Å². The van der Waals surface area contributed by atoms with Gasteiger partial charge in [0.2, 0.25) is 0 Å². The second kappa shape index (κ2) is 5.21. The number of aromatic nitrogens is 4.